The molecule has 0 aromatic carbocycles. The number of nitrogens with zero attached hydrogens (tertiary/aromatic N) is 1. The molecule has 1 rings (SSSR count). The molecule has 0 aliphatic carbocycles. The van der Waals surface area contributed by atoms with E-state index < -0.39 is 0 Å². The van der Waals surface area contributed by atoms with Gasteiger partial charge in [-0.25, -0.2) is 0 Å². The van der Waals surface area contributed by atoms with E-state index in [2.05, 4.69) is 30.5 Å². The highest BCUT2D eigenvalue weighted by atomic mass is 32.1. The van der Waals surface area contributed by atoms with Crippen molar-refractivity contribution in [2.24, 2.45) is 5.92 Å². The molecule has 0 spiro atoms. The SMILES string of the molecule is COc1c(N)nsc1NC(C)CCCC(C)C. The maximum Gasteiger partial charge on any atom is 0.197 e. The van der Waals surface area contributed by atoms with Crippen molar-refractivity contribution in [2.75, 3.05) is 18.2 Å². The van der Waals surface area contributed by atoms with Crippen molar-refractivity contribution < 1.29 is 4.74 Å². The maximum absolute atomic E-state index is 5.70. The van der Waals surface area contributed by atoms with E-state index in [4.69, 9.17) is 10.5 Å². The lowest BCUT2D eigenvalue weighted by atomic mass is 10.0. The number of aromatic nitrogens is 1. The molecule has 0 aliphatic rings. The zero-order valence-corrected chi connectivity index (χ0v) is 11.9. The van der Waals surface area contributed by atoms with Crippen LogP contribution in [0.1, 0.15) is 40.0 Å². The first-order chi connectivity index (χ1) is 8.04. The van der Waals surface area contributed by atoms with Crippen molar-refractivity contribution in [3.05, 3.63) is 0 Å². The summed E-state index contributed by atoms with van der Waals surface area (Å²) < 4.78 is 9.30. The third-order valence-electron chi connectivity index (χ3n) is 2.67. The number of methoxy groups -OCH3 is 1. The number of nitrogens with one attached hydrogen (secondary N) is 1. The summed E-state index contributed by atoms with van der Waals surface area (Å²) in [6, 6.07) is 0.419. The molecular formula is C12H23N3OS. The van der Waals surface area contributed by atoms with Crippen LogP contribution in [0.15, 0.2) is 0 Å². The van der Waals surface area contributed by atoms with Crippen LogP contribution in [0.5, 0.6) is 5.75 Å². The van der Waals surface area contributed by atoms with E-state index in [9.17, 15) is 0 Å². The predicted octanol–water partition coefficient (Wildman–Crippen LogP) is 3.36. The van der Waals surface area contributed by atoms with Gasteiger partial charge in [-0.05, 0) is 30.8 Å². The molecule has 0 fully saturated rings. The average Bonchev–Trinajstić information content (AvgIpc) is 2.58. The third-order valence-corrected chi connectivity index (χ3v) is 3.45. The Labute approximate surface area is 108 Å². The molecule has 1 aromatic rings. The lowest BCUT2D eigenvalue weighted by molar-refractivity contribution is 0.418. The van der Waals surface area contributed by atoms with Crippen molar-refractivity contribution in [1.29, 1.82) is 0 Å². The Balaban J connectivity index is 2.42. The molecule has 0 saturated carbocycles. The second-order valence-corrected chi connectivity index (χ2v) is 5.57. The molecule has 0 radical (unpaired) electrons. The quantitative estimate of drug-likeness (QED) is 0.786. The smallest absolute Gasteiger partial charge is 0.197 e. The molecule has 4 nitrogen and oxygen atoms in total. The first-order valence-corrected chi connectivity index (χ1v) is 6.87. The van der Waals surface area contributed by atoms with E-state index in [0.29, 0.717) is 17.6 Å². The van der Waals surface area contributed by atoms with Crippen LogP contribution in [0.3, 0.4) is 0 Å². The molecule has 0 aliphatic heterocycles. The van der Waals surface area contributed by atoms with Gasteiger partial charge in [0.05, 0.1) is 7.11 Å². The fourth-order valence-electron chi connectivity index (χ4n) is 1.71. The molecular weight excluding hydrogens is 234 g/mol. The van der Waals surface area contributed by atoms with Crippen molar-refractivity contribution >= 4 is 22.4 Å². The van der Waals surface area contributed by atoms with Crippen LogP contribution in [-0.2, 0) is 0 Å². The van der Waals surface area contributed by atoms with Crippen molar-refractivity contribution in [1.82, 2.24) is 4.37 Å². The highest BCUT2D eigenvalue weighted by Gasteiger charge is 2.13. The van der Waals surface area contributed by atoms with Crippen molar-refractivity contribution in [2.45, 2.75) is 46.1 Å². The Morgan fingerprint density at radius 1 is 1.35 bits per heavy atom. The second kappa shape index (κ2) is 6.69. The van der Waals surface area contributed by atoms with Gasteiger partial charge in [-0.15, -0.1) is 0 Å². The van der Waals surface area contributed by atoms with E-state index >= 15 is 0 Å². The molecule has 0 amide bonds. The Morgan fingerprint density at radius 2 is 2.06 bits per heavy atom. The van der Waals surface area contributed by atoms with Crippen LogP contribution in [0, 0.1) is 5.92 Å². The van der Waals surface area contributed by atoms with Gasteiger partial charge in [-0.2, -0.15) is 4.37 Å². The molecule has 1 aromatic heterocycles. The third kappa shape index (κ3) is 4.42. The Morgan fingerprint density at radius 3 is 2.65 bits per heavy atom. The number of rotatable bonds is 7. The van der Waals surface area contributed by atoms with E-state index in [-0.39, 0.29) is 0 Å². The van der Waals surface area contributed by atoms with Crippen LogP contribution in [0.2, 0.25) is 0 Å². The average molecular weight is 257 g/mol. The number of ether oxygens (including phenoxy) is 1. The van der Waals surface area contributed by atoms with Gasteiger partial charge in [0.1, 0.15) is 0 Å². The number of anilines is 2. The van der Waals surface area contributed by atoms with Gasteiger partial charge in [0.15, 0.2) is 16.6 Å². The van der Waals surface area contributed by atoms with Crippen LogP contribution in [0.25, 0.3) is 0 Å². The molecule has 0 saturated heterocycles. The predicted molar refractivity (Wildman–Crippen MR) is 74.9 cm³/mol. The van der Waals surface area contributed by atoms with Gasteiger partial charge >= 0.3 is 0 Å². The molecule has 3 N–H and O–H groups in total. The number of nitrogen functional groups attached to an aromatic ring is 1. The molecule has 0 bridgehead atoms. The topological polar surface area (TPSA) is 60.2 Å². The highest BCUT2D eigenvalue weighted by molar-refractivity contribution is 7.11. The van der Waals surface area contributed by atoms with Crippen LogP contribution < -0.4 is 15.8 Å². The fraction of sp³-hybridized carbons (Fsp3) is 0.750. The van der Waals surface area contributed by atoms with Gasteiger partial charge < -0.3 is 15.8 Å². The van der Waals surface area contributed by atoms with Gasteiger partial charge in [0, 0.05) is 6.04 Å². The Hall–Kier alpha value is -0.970. The monoisotopic (exact) mass is 257 g/mol. The summed E-state index contributed by atoms with van der Waals surface area (Å²) in [4.78, 5) is 0. The molecule has 17 heavy (non-hydrogen) atoms. The number of hydrogen-bond donors (Lipinski definition) is 2. The normalized spacial score (nSPS) is 12.8. The molecule has 1 unspecified atom stereocenters. The summed E-state index contributed by atoms with van der Waals surface area (Å²) in [5.41, 5.74) is 5.70. The van der Waals surface area contributed by atoms with Gasteiger partial charge in [-0.1, -0.05) is 26.7 Å². The molecule has 98 valence electrons. The number of hydrogen-bond acceptors (Lipinski definition) is 5. The highest BCUT2D eigenvalue weighted by Crippen LogP contribution is 2.35. The minimum absolute atomic E-state index is 0.419. The lowest BCUT2D eigenvalue weighted by Crippen LogP contribution is -2.14. The Kier molecular flexibility index (Phi) is 5.55. The van der Waals surface area contributed by atoms with Crippen LogP contribution in [-0.4, -0.2) is 17.5 Å². The van der Waals surface area contributed by atoms with Gasteiger partial charge in [0.25, 0.3) is 0 Å². The second-order valence-electron chi connectivity index (χ2n) is 4.80. The fourth-order valence-corrected chi connectivity index (χ4v) is 2.51. The van der Waals surface area contributed by atoms with E-state index in [1.54, 1.807) is 7.11 Å². The first-order valence-electron chi connectivity index (χ1n) is 6.10. The van der Waals surface area contributed by atoms with Crippen LogP contribution in [0.4, 0.5) is 10.8 Å². The maximum atomic E-state index is 5.70. The summed E-state index contributed by atoms with van der Waals surface area (Å²) in [5.74, 6) is 1.91. The van der Waals surface area contributed by atoms with Gasteiger partial charge in [-0.3, -0.25) is 0 Å². The molecule has 1 heterocycles. The zero-order chi connectivity index (χ0) is 12.8. The van der Waals surface area contributed by atoms with Crippen LogP contribution >= 0.6 is 11.5 Å². The van der Waals surface area contributed by atoms with E-state index in [1.807, 2.05) is 0 Å². The van der Waals surface area contributed by atoms with Crippen molar-refractivity contribution in [3.63, 3.8) is 0 Å². The van der Waals surface area contributed by atoms with Gasteiger partial charge in [0.2, 0.25) is 0 Å². The molecule has 1 atom stereocenters. The standard InChI is InChI=1S/C12H23N3OS/c1-8(2)6-5-7-9(3)14-12-10(16-4)11(13)15-17-12/h8-9,14H,5-7H2,1-4H3,(H2,13,15). The first kappa shape index (κ1) is 14.1. The minimum Gasteiger partial charge on any atom is -0.490 e. The lowest BCUT2D eigenvalue weighted by Gasteiger charge is -2.15. The minimum atomic E-state index is 0.419. The Bertz CT molecular complexity index is 338. The zero-order valence-electron chi connectivity index (χ0n) is 11.1. The van der Waals surface area contributed by atoms with E-state index in [1.165, 1.54) is 24.4 Å². The van der Waals surface area contributed by atoms with Crippen molar-refractivity contribution in [3.8, 4) is 5.75 Å². The summed E-state index contributed by atoms with van der Waals surface area (Å²) >= 11 is 1.36. The number of nitrogens with two attached hydrogens (primary N) is 1. The van der Waals surface area contributed by atoms with E-state index in [0.717, 1.165) is 17.3 Å². The summed E-state index contributed by atoms with van der Waals surface area (Å²) in [6.45, 7) is 6.69. The molecule has 5 heteroatoms. The summed E-state index contributed by atoms with van der Waals surface area (Å²) in [6.07, 6.45) is 3.66. The summed E-state index contributed by atoms with van der Waals surface area (Å²) in [5, 5.41) is 4.34. The largest absolute Gasteiger partial charge is 0.490 e. The summed E-state index contributed by atoms with van der Waals surface area (Å²) in [7, 11) is 1.62.